The molecule has 152 valence electrons. The molecule has 30 heavy (non-hydrogen) atoms. The number of benzene rings is 1. The highest BCUT2D eigenvalue weighted by Gasteiger charge is 2.15. The minimum Gasteiger partial charge on any atom is -0.437 e. The normalized spacial score (nSPS) is 12.7. The van der Waals surface area contributed by atoms with E-state index in [0.29, 0.717) is 23.0 Å². The third-order valence-corrected chi connectivity index (χ3v) is 4.51. The molecule has 1 atom stereocenters. The monoisotopic (exact) mass is 402 g/mol. The predicted molar refractivity (Wildman–Crippen MR) is 113 cm³/mol. The number of amidine groups is 1. The van der Waals surface area contributed by atoms with Crippen molar-refractivity contribution in [3.8, 4) is 17.1 Å². The van der Waals surface area contributed by atoms with Crippen LogP contribution in [0.15, 0.2) is 70.5 Å². The molecular weight excluding hydrogens is 380 g/mol. The Kier molecular flexibility index (Phi) is 5.30. The summed E-state index contributed by atoms with van der Waals surface area (Å²) in [6, 6.07) is 15.4. The van der Waals surface area contributed by atoms with Crippen molar-refractivity contribution in [3.63, 3.8) is 0 Å². The van der Waals surface area contributed by atoms with E-state index in [0.717, 1.165) is 17.0 Å². The van der Waals surface area contributed by atoms with Crippen LogP contribution < -0.4 is 5.73 Å². The van der Waals surface area contributed by atoms with Crippen LogP contribution in [0.5, 0.6) is 0 Å². The molecule has 0 amide bonds. The van der Waals surface area contributed by atoms with E-state index >= 15 is 0 Å². The Morgan fingerprint density at radius 3 is 2.57 bits per heavy atom. The Hall–Kier alpha value is -3.94. The largest absolute Gasteiger partial charge is 0.437 e. The second-order valence-corrected chi connectivity index (χ2v) is 6.90. The van der Waals surface area contributed by atoms with Gasteiger partial charge in [-0.1, -0.05) is 35.5 Å². The number of hydrogen-bond acceptors (Lipinski definition) is 6. The standard InChI is InChI=1S/C22H22N6O2/c1-14-11-15(2)28(26-14)20-10-9-18(12-24-20)21(23)27-30-16(3)22-25-13-19(29-22)17-7-5-4-6-8-17/h4-13,16H,1-3H3,(H2,23,27). The van der Waals surface area contributed by atoms with Crippen molar-refractivity contribution < 1.29 is 9.25 Å². The number of oxime groups is 1. The lowest BCUT2D eigenvalue weighted by Crippen LogP contribution is -2.15. The van der Waals surface area contributed by atoms with Gasteiger partial charge in [0.1, 0.15) is 0 Å². The predicted octanol–water partition coefficient (Wildman–Crippen LogP) is 3.94. The highest BCUT2D eigenvalue weighted by Crippen LogP contribution is 2.24. The molecule has 0 saturated carbocycles. The molecule has 2 N–H and O–H groups in total. The van der Waals surface area contributed by atoms with E-state index in [2.05, 4.69) is 20.2 Å². The molecule has 3 heterocycles. The van der Waals surface area contributed by atoms with E-state index in [1.54, 1.807) is 24.0 Å². The molecular formula is C22H22N6O2. The molecule has 0 saturated heterocycles. The smallest absolute Gasteiger partial charge is 0.238 e. The van der Waals surface area contributed by atoms with Gasteiger partial charge in [0.25, 0.3) is 0 Å². The van der Waals surface area contributed by atoms with Crippen molar-refractivity contribution in [2.75, 3.05) is 0 Å². The van der Waals surface area contributed by atoms with Crippen LogP contribution in [-0.4, -0.2) is 25.6 Å². The van der Waals surface area contributed by atoms with Gasteiger partial charge in [0.2, 0.25) is 5.89 Å². The van der Waals surface area contributed by atoms with Crippen LogP contribution in [0.1, 0.15) is 35.9 Å². The third kappa shape index (κ3) is 4.07. The molecule has 4 rings (SSSR count). The summed E-state index contributed by atoms with van der Waals surface area (Å²) in [5.74, 6) is 2.01. The van der Waals surface area contributed by atoms with Gasteiger partial charge in [0.05, 0.1) is 11.9 Å². The lowest BCUT2D eigenvalue weighted by atomic mass is 10.2. The van der Waals surface area contributed by atoms with E-state index < -0.39 is 6.10 Å². The first-order chi connectivity index (χ1) is 14.5. The minimum atomic E-state index is -0.497. The second-order valence-electron chi connectivity index (χ2n) is 6.90. The summed E-state index contributed by atoms with van der Waals surface area (Å²) < 4.78 is 7.55. The fourth-order valence-corrected chi connectivity index (χ4v) is 2.97. The summed E-state index contributed by atoms with van der Waals surface area (Å²) in [4.78, 5) is 14.2. The van der Waals surface area contributed by atoms with Gasteiger partial charge >= 0.3 is 0 Å². The van der Waals surface area contributed by atoms with Crippen molar-refractivity contribution >= 4 is 5.84 Å². The molecule has 0 aliphatic heterocycles. The SMILES string of the molecule is Cc1cc(C)n(-c2ccc(C(N)=NOC(C)c3ncc(-c4ccccc4)o3)cn2)n1. The maximum Gasteiger partial charge on any atom is 0.238 e. The fourth-order valence-electron chi connectivity index (χ4n) is 2.97. The topological polar surface area (TPSA) is 104 Å². The number of aryl methyl sites for hydroxylation is 2. The van der Waals surface area contributed by atoms with Gasteiger partial charge in [-0.3, -0.25) is 0 Å². The van der Waals surface area contributed by atoms with Crippen LogP contribution >= 0.6 is 0 Å². The van der Waals surface area contributed by atoms with Gasteiger partial charge in [-0.25, -0.2) is 14.6 Å². The molecule has 0 aliphatic carbocycles. The van der Waals surface area contributed by atoms with E-state index in [1.165, 1.54) is 0 Å². The summed E-state index contributed by atoms with van der Waals surface area (Å²) in [6.07, 6.45) is 2.80. The van der Waals surface area contributed by atoms with Crippen molar-refractivity contribution in [1.29, 1.82) is 0 Å². The zero-order valence-electron chi connectivity index (χ0n) is 17.0. The first-order valence-electron chi connectivity index (χ1n) is 9.52. The molecule has 0 spiro atoms. The summed E-state index contributed by atoms with van der Waals surface area (Å²) in [7, 11) is 0. The van der Waals surface area contributed by atoms with E-state index in [4.69, 9.17) is 15.0 Å². The van der Waals surface area contributed by atoms with Crippen LogP contribution in [0.25, 0.3) is 17.1 Å². The Labute approximate surface area is 174 Å². The number of oxazole rings is 1. The number of rotatable bonds is 6. The molecule has 0 radical (unpaired) electrons. The van der Waals surface area contributed by atoms with Crippen molar-refractivity contribution in [2.45, 2.75) is 26.9 Å². The maximum absolute atomic E-state index is 6.05. The number of nitrogens with zero attached hydrogens (tertiary/aromatic N) is 5. The molecule has 3 aromatic heterocycles. The molecule has 8 heteroatoms. The van der Waals surface area contributed by atoms with Crippen molar-refractivity contribution in [2.24, 2.45) is 10.9 Å². The van der Waals surface area contributed by atoms with Crippen molar-refractivity contribution in [1.82, 2.24) is 19.7 Å². The molecule has 8 nitrogen and oxygen atoms in total. The first-order valence-corrected chi connectivity index (χ1v) is 9.52. The van der Waals surface area contributed by atoms with E-state index in [9.17, 15) is 0 Å². The Balaban J connectivity index is 1.44. The minimum absolute atomic E-state index is 0.212. The molecule has 1 unspecified atom stereocenters. The van der Waals surface area contributed by atoms with Crippen molar-refractivity contribution in [3.05, 3.63) is 83.8 Å². The number of hydrogen-bond donors (Lipinski definition) is 1. The third-order valence-electron chi connectivity index (χ3n) is 4.51. The average molecular weight is 402 g/mol. The van der Waals surface area contributed by atoms with Gasteiger partial charge in [-0.05, 0) is 39.0 Å². The van der Waals surface area contributed by atoms with Crippen LogP contribution in [0.3, 0.4) is 0 Å². The number of aromatic nitrogens is 4. The second kappa shape index (κ2) is 8.20. The van der Waals surface area contributed by atoms with Gasteiger partial charge < -0.3 is 15.0 Å². The van der Waals surface area contributed by atoms with Crippen LogP contribution in [-0.2, 0) is 4.84 Å². The molecule has 0 fully saturated rings. The zero-order valence-corrected chi connectivity index (χ0v) is 17.0. The van der Waals surface area contributed by atoms with Crippen LogP contribution in [0, 0.1) is 13.8 Å². The zero-order chi connectivity index (χ0) is 21.1. The summed E-state index contributed by atoms with van der Waals surface area (Å²) in [5, 5.41) is 8.43. The summed E-state index contributed by atoms with van der Waals surface area (Å²) >= 11 is 0. The summed E-state index contributed by atoms with van der Waals surface area (Å²) in [5.41, 5.74) is 9.58. The lowest BCUT2D eigenvalue weighted by molar-refractivity contribution is 0.0528. The highest BCUT2D eigenvalue weighted by molar-refractivity contribution is 5.96. The Morgan fingerprint density at radius 2 is 1.90 bits per heavy atom. The number of nitrogens with two attached hydrogens (primary N) is 1. The molecule has 1 aromatic carbocycles. The number of pyridine rings is 1. The van der Waals surface area contributed by atoms with E-state index in [-0.39, 0.29) is 5.84 Å². The molecule has 0 aliphatic rings. The van der Waals surface area contributed by atoms with Crippen LogP contribution in [0.4, 0.5) is 0 Å². The fraction of sp³-hybridized carbons (Fsp3) is 0.182. The quantitative estimate of drug-likeness (QED) is 0.298. The summed E-state index contributed by atoms with van der Waals surface area (Å²) in [6.45, 7) is 5.71. The maximum atomic E-state index is 6.05. The van der Waals surface area contributed by atoms with E-state index in [1.807, 2.05) is 62.4 Å². The molecule has 4 aromatic rings. The Bertz CT molecular complexity index is 1160. The van der Waals surface area contributed by atoms with Gasteiger partial charge in [-0.2, -0.15) is 5.10 Å². The van der Waals surface area contributed by atoms with Crippen LogP contribution in [0.2, 0.25) is 0 Å². The van der Waals surface area contributed by atoms with Gasteiger partial charge in [0, 0.05) is 23.0 Å². The lowest BCUT2D eigenvalue weighted by Gasteiger charge is -2.08. The highest BCUT2D eigenvalue weighted by atomic mass is 16.6. The molecule has 0 bridgehead atoms. The van der Waals surface area contributed by atoms with Gasteiger partial charge in [0.15, 0.2) is 23.5 Å². The average Bonchev–Trinajstić information content (AvgIpc) is 3.39. The van der Waals surface area contributed by atoms with Gasteiger partial charge in [-0.15, -0.1) is 0 Å². The first kappa shape index (κ1) is 19.4. The Morgan fingerprint density at radius 1 is 1.10 bits per heavy atom.